The number of hydrogen-bond acceptors (Lipinski definition) is 7. The Kier molecular flexibility index (Phi) is 6.95. The Balaban J connectivity index is 1.19. The van der Waals surface area contributed by atoms with E-state index in [-0.39, 0.29) is 11.7 Å². The molecule has 0 spiro atoms. The second-order valence-electron chi connectivity index (χ2n) is 7.58. The van der Waals surface area contributed by atoms with Crippen LogP contribution in [0.25, 0.3) is 11.6 Å². The minimum Gasteiger partial charge on any atom is -0.489 e. The molecule has 35 heavy (non-hydrogen) atoms. The van der Waals surface area contributed by atoms with Gasteiger partial charge in [0.05, 0.1) is 24.8 Å². The second-order valence-corrected chi connectivity index (χ2v) is 8.53. The largest absolute Gasteiger partial charge is 0.489 e. The first kappa shape index (κ1) is 22.5. The number of amides is 1. The number of anilines is 1. The molecule has 5 aromatic rings. The summed E-state index contributed by atoms with van der Waals surface area (Å²) in [6.45, 7) is 0.909. The highest BCUT2D eigenvalue weighted by Crippen LogP contribution is 2.26. The topological polar surface area (TPSA) is 95.3 Å². The van der Waals surface area contributed by atoms with Crippen molar-refractivity contribution in [2.24, 2.45) is 0 Å². The second kappa shape index (κ2) is 10.8. The maximum atomic E-state index is 12.6. The fourth-order valence-electron chi connectivity index (χ4n) is 3.39. The van der Waals surface area contributed by atoms with E-state index in [0.29, 0.717) is 35.6 Å². The van der Waals surface area contributed by atoms with Crippen LogP contribution in [0, 0.1) is 0 Å². The highest BCUT2D eigenvalue weighted by Gasteiger charge is 2.18. The summed E-state index contributed by atoms with van der Waals surface area (Å²) in [6, 6.07) is 24.6. The number of benzene rings is 2. The molecule has 0 aliphatic rings. The summed E-state index contributed by atoms with van der Waals surface area (Å²) >= 11 is 1.29. The van der Waals surface area contributed by atoms with Gasteiger partial charge in [0.15, 0.2) is 10.9 Å². The quantitative estimate of drug-likeness (QED) is 0.261. The molecular weight excluding hydrogens is 464 g/mol. The van der Waals surface area contributed by atoms with Crippen molar-refractivity contribution in [1.29, 1.82) is 0 Å². The molecule has 9 heteroatoms. The number of rotatable bonds is 10. The molecule has 0 saturated heterocycles. The molecule has 176 valence electrons. The van der Waals surface area contributed by atoms with Crippen molar-refractivity contribution in [1.82, 2.24) is 14.8 Å². The van der Waals surface area contributed by atoms with Gasteiger partial charge in [-0.15, -0.1) is 10.2 Å². The van der Waals surface area contributed by atoms with Crippen molar-refractivity contribution in [2.75, 3.05) is 11.1 Å². The summed E-state index contributed by atoms with van der Waals surface area (Å²) in [7, 11) is 0. The molecular formula is C26H22N4O4S. The van der Waals surface area contributed by atoms with Crippen molar-refractivity contribution >= 4 is 23.4 Å². The third kappa shape index (κ3) is 5.82. The summed E-state index contributed by atoms with van der Waals surface area (Å²) in [4.78, 5) is 12.6. The lowest BCUT2D eigenvalue weighted by Gasteiger charge is -2.09. The molecule has 3 aromatic heterocycles. The number of hydrogen-bond donors (Lipinski definition) is 1. The van der Waals surface area contributed by atoms with Crippen LogP contribution in [0.5, 0.6) is 5.75 Å². The molecule has 0 radical (unpaired) electrons. The summed E-state index contributed by atoms with van der Waals surface area (Å²) in [5.74, 6) is 2.66. The molecule has 3 heterocycles. The Bertz CT molecular complexity index is 1350. The van der Waals surface area contributed by atoms with Crippen LogP contribution in [-0.4, -0.2) is 26.4 Å². The van der Waals surface area contributed by atoms with Crippen LogP contribution < -0.4 is 10.1 Å². The lowest BCUT2D eigenvalue weighted by atomic mass is 10.2. The Labute approximate surface area is 205 Å². The smallest absolute Gasteiger partial charge is 0.234 e. The Morgan fingerprint density at radius 2 is 1.71 bits per heavy atom. The van der Waals surface area contributed by atoms with E-state index >= 15 is 0 Å². The van der Waals surface area contributed by atoms with E-state index in [9.17, 15) is 4.79 Å². The van der Waals surface area contributed by atoms with Gasteiger partial charge in [0.1, 0.15) is 18.1 Å². The van der Waals surface area contributed by atoms with Crippen LogP contribution in [0.15, 0.2) is 105 Å². The van der Waals surface area contributed by atoms with E-state index < -0.39 is 0 Å². The molecule has 2 aromatic carbocycles. The number of aromatic nitrogens is 3. The molecule has 0 saturated carbocycles. The maximum Gasteiger partial charge on any atom is 0.234 e. The van der Waals surface area contributed by atoms with Gasteiger partial charge in [0.25, 0.3) is 0 Å². The van der Waals surface area contributed by atoms with Crippen LogP contribution >= 0.6 is 11.8 Å². The zero-order chi connectivity index (χ0) is 23.9. The van der Waals surface area contributed by atoms with Crippen molar-refractivity contribution in [3.8, 4) is 17.3 Å². The first-order valence-corrected chi connectivity index (χ1v) is 11.9. The molecule has 1 amide bonds. The average Bonchev–Trinajstić information content (AvgIpc) is 3.66. The fraction of sp³-hybridized carbons (Fsp3) is 0.115. The summed E-state index contributed by atoms with van der Waals surface area (Å²) in [5, 5.41) is 12.0. The van der Waals surface area contributed by atoms with Crippen molar-refractivity contribution < 1.29 is 18.4 Å². The predicted molar refractivity (Wildman–Crippen MR) is 132 cm³/mol. The van der Waals surface area contributed by atoms with Crippen LogP contribution in [0.3, 0.4) is 0 Å². The predicted octanol–water partition coefficient (Wildman–Crippen LogP) is 5.49. The van der Waals surface area contributed by atoms with Gasteiger partial charge >= 0.3 is 0 Å². The van der Waals surface area contributed by atoms with E-state index in [4.69, 9.17) is 13.6 Å². The first-order valence-electron chi connectivity index (χ1n) is 10.9. The minimum atomic E-state index is -0.153. The van der Waals surface area contributed by atoms with E-state index in [1.807, 2.05) is 77.4 Å². The van der Waals surface area contributed by atoms with Crippen molar-refractivity contribution in [3.63, 3.8) is 0 Å². The van der Waals surface area contributed by atoms with Crippen molar-refractivity contribution in [2.45, 2.75) is 18.3 Å². The molecule has 8 nitrogen and oxygen atoms in total. The fourth-order valence-corrected chi connectivity index (χ4v) is 4.12. The third-order valence-corrected chi connectivity index (χ3v) is 6.04. The number of ether oxygens (including phenoxy) is 1. The van der Waals surface area contributed by atoms with Crippen molar-refractivity contribution in [3.05, 3.63) is 103 Å². The zero-order valence-electron chi connectivity index (χ0n) is 18.7. The van der Waals surface area contributed by atoms with Crippen LogP contribution in [0.2, 0.25) is 0 Å². The molecule has 0 fully saturated rings. The molecule has 1 N–H and O–H groups in total. The van der Waals surface area contributed by atoms with Crippen LogP contribution in [0.4, 0.5) is 5.69 Å². The van der Waals surface area contributed by atoms with Gasteiger partial charge in [-0.25, -0.2) is 0 Å². The maximum absolute atomic E-state index is 12.6. The number of carbonyl (C=O) groups excluding carboxylic acids is 1. The number of carbonyl (C=O) groups is 1. The van der Waals surface area contributed by atoms with Gasteiger partial charge in [-0.3, -0.25) is 9.36 Å². The molecule has 0 bridgehead atoms. The first-order chi connectivity index (χ1) is 17.2. The van der Waals surface area contributed by atoms with Crippen LogP contribution in [-0.2, 0) is 17.9 Å². The molecule has 0 aliphatic carbocycles. The Hall–Kier alpha value is -4.24. The highest BCUT2D eigenvalue weighted by atomic mass is 32.2. The summed E-state index contributed by atoms with van der Waals surface area (Å²) < 4.78 is 18.6. The average molecular weight is 487 g/mol. The van der Waals surface area contributed by atoms with Crippen LogP contribution in [0.1, 0.15) is 11.3 Å². The molecule has 5 rings (SSSR count). The normalized spacial score (nSPS) is 10.9. The van der Waals surface area contributed by atoms with E-state index in [2.05, 4.69) is 15.5 Å². The number of nitrogens with zero attached hydrogens (tertiary/aromatic N) is 3. The zero-order valence-corrected chi connectivity index (χ0v) is 19.5. The summed E-state index contributed by atoms with van der Waals surface area (Å²) in [5.41, 5.74) is 1.79. The standard InChI is InChI=1S/C26H22N4O4S/c31-24(27-20-10-12-21(13-11-20)34-17-19-6-2-1-3-7-19)18-35-26-29-28-25(23-9-5-15-33-23)30(26)16-22-8-4-14-32-22/h1-15H,16-18H2,(H,27,31). The third-order valence-electron chi connectivity index (χ3n) is 5.07. The molecule has 0 unspecified atom stereocenters. The lowest BCUT2D eigenvalue weighted by molar-refractivity contribution is -0.113. The molecule has 0 aliphatic heterocycles. The van der Waals surface area contributed by atoms with Gasteiger partial charge in [0, 0.05) is 5.69 Å². The number of furan rings is 2. The van der Waals surface area contributed by atoms with Gasteiger partial charge < -0.3 is 18.9 Å². The van der Waals surface area contributed by atoms with Gasteiger partial charge in [0.2, 0.25) is 11.7 Å². The highest BCUT2D eigenvalue weighted by molar-refractivity contribution is 7.99. The van der Waals surface area contributed by atoms with E-state index in [1.165, 1.54) is 11.8 Å². The SMILES string of the molecule is O=C(CSc1nnc(-c2ccco2)n1Cc1ccco1)Nc1ccc(OCc2ccccc2)cc1. The number of thioether (sulfide) groups is 1. The minimum absolute atomic E-state index is 0.153. The number of nitrogens with one attached hydrogen (secondary N) is 1. The molecule has 0 atom stereocenters. The van der Waals surface area contributed by atoms with E-state index in [1.54, 1.807) is 18.6 Å². The summed E-state index contributed by atoms with van der Waals surface area (Å²) in [6.07, 6.45) is 3.20. The monoisotopic (exact) mass is 486 g/mol. The van der Waals surface area contributed by atoms with E-state index in [0.717, 1.165) is 17.1 Å². The Morgan fingerprint density at radius 1 is 0.914 bits per heavy atom. The van der Waals surface area contributed by atoms with Gasteiger partial charge in [-0.2, -0.15) is 0 Å². The lowest BCUT2D eigenvalue weighted by Crippen LogP contribution is -2.14. The Morgan fingerprint density at radius 3 is 2.46 bits per heavy atom. The van der Waals surface area contributed by atoms with Gasteiger partial charge in [-0.1, -0.05) is 42.1 Å². The van der Waals surface area contributed by atoms with Gasteiger partial charge in [-0.05, 0) is 54.1 Å².